The topological polar surface area (TPSA) is 129 Å². The zero-order chi connectivity index (χ0) is 19.5. The lowest BCUT2D eigenvalue weighted by Crippen LogP contribution is -2.03. The van der Waals surface area contributed by atoms with E-state index in [0.717, 1.165) is 0 Å². The standard InChI is InChI=1S/C17H13N11/c1-11-15(16(18)27(26-11)13-6-3-4-8-20-13)24-25-17-12(19-2)10-22-28(17)14-7-5-9-21-23-14/h3-10H,18H2,1H3/b25-24+. The van der Waals surface area contributed by atoms with E-state index in [1.165, 1.54) is 15.6 Å². The fraction of sp³-hybridized carbons (Fsp3) is 0.0588. The third-order valence-corrected chi connectivity index (χ3v) is 3.80. The molecule has 0 aliphatic carbocycles. The van der Waals surface area contributed by atoms with Crippen molar-refractivity contribution in [1.82, 2.24) is 34.7 Å². The van der Waals surface area contributed by atoms with Crippen molar-refractivity contribution in [2.75, 3.05) is 5.73 Å². The van der Waals surface area contributed by atoms with E-state index >= 15 is 0 Å². The zero-order valence-electron chi connectivity index (χ0n) is 14.7. The van der Waals surface area contributed by atoms with Gasteiger partial charge in [0.15, 0.2) is 29.0 Å². The maximum absolute atomic E-state index is 7.33. The van der Waals surface area contributed by atoms with E-state index < -0.39 is 0 Å². The molecule has 0 fully saturated rings. The fourth-order valence-electron chi connectivity index (χ4n) is 2.49. The third kappa shape index (κ3) is 2.95. The van der Waals surface area contributed by atoms with Gasteiger partial charge in [-0.25, -0.2) is 14.5 Å². The van der Waals surface area contributed by atoms with Crippen molar-refractivity contribution < 1.29 is 0 Å². The number of azo groups is 1. The SMILES string of the molecule is [C-]#[N+]c1cnn(-c2cccnn2)c1/N=N/c1c(C)nn(-c2ccccn2)c1N. The Balaban J connectivity index is 1.76. The normalized spacial score (nSPS) is 11.0. The summed E-state index contributed by atoms with van der Waals surface area (Å²) in [6, 6.07) is 8.83. The zero-order valence-corrected chi connectivity index (χ0v) is 14.7. The van der Waals surface area contributed by atoms with Crippen molar-refractivity contribution in [3.63, 3.8) is 0 Å². The third-order valence-electron chi connectivity index (χ3n) is 3.80. The summed E-state index contributed by atoms with van der Waals surface area (Å²) in [6.45, 7) is 9.09. The van der Waals surface area contributed by atoms with Gasteiger partial charge in [-0.3, -0.25) is 0 Å². The fourth-order valence-corrected chi connectivity index (χ4v) is 2.49. The predicted octanol–water partition coefficient (Wildman–Crippen LogP) is 3.10. The van der Waals surface area contributed by atoms with Crippen molar-refractivity contribution >= 4 is 23.0 Å². The molecular formula is C17H13N11. The maximum Gasteiger partial charge on any atom is 0.252 e. The first kappa shape index (κ1) is 17.0. The number of rotatable bonds is 4. The first-order valence-corrected chi connectivity index (χ1v) is 8.11. The quantitative estimate of drug-likeness (QED) is 0.433. The Morgan fingerprint density at radius 1 is 1.07 bits per heavy atom. The van der Waals surface area contributed by atoms with E-state index in [1.807, 2.05) is 6.07 Å². The van der Waals surface area contributed by atoms with Gasteiger partial charge in [-0.05, 0) is 31.2 Å². The molecule has 0 aromatic carbocycles. The molecule has 0 bridgehead atoms. The van der Waals surface area contributed by atoms with Gasteiger partial charge in [-0.1, -0.05) is 6.07 Å². The molecule has 0 unspecified atom stereocenters. The van der Waals surface area contributed by atoms with Gasteiger partial charge in [0.05, 0.1) is 18.5 Å². The Bertz CT molecular complexity index is 1180. The van der Waals surface area contributed by atoms with Crippen LogP contribution in [0, 0.1) is 13.5 Å². The number of hydrogen-bond acceptors (Lipinski definition) is 8. The van der Waals surface area contributed by atoms with Crippen LogP contribution < -0.4 is 5.73 Å². The summed E-state index contributed by atoms with van der Waals surface area (Å²) in [6.07, 6.45) is 4.58. The minimum absolute atomic E-state index is 0.222. The molecule has 0 atom stereocenters. The van der Waals surface area contributed by atoms with Crippen LogP contribution in [-0.4, -0.2) is 34.7 Å². The van der Waals surface area contributed by atoms with Gasteiger partial charge in [0.25, 0.3) is 5.69 Å². The van der Waals surface area contributed by atoms with Gasteiger partial charge in [0, 0.05) is 12.4 Å². The smallest absolute Gasteiger partial charge is 0.252 e. The van der Waals surface area contributed by atoms with Crippen LogP contribution in [0.1, 0.15) is 5.69 Å². The summed E-state index contributed by atoms with van der Waals surface area (Å²) >= 11 is 0. The van der Waals surface area contributed by atoms with Crippen molar-refractivity contribution in [3.8, 4) is 11.6 Å². The highest BCUT2D eigenvalue weighted by Gasteiger charge is 2.17. The number of nitrogens with zero attached hydrogens (tertiary/aromatic N) is 10. The van der Waals surface area contributed by atoms with E-state index in [1.54, 1.807) is 43.6 Å². The van der Waals surface area contributed by atoms with Crippen molar-refractivity contribution in [1.29, 1.82) is 0 Å². The van der Waals surface area contributed by atoms with Gasteiger partial charge >= 0.3 is 0 Å². The monoisotopic (exact) mass is 371 g/mol. The highest BCUT2D eigenvalue weighted by molar-refractivity contribution is 5.66. The lowest BCUT2D eigenvalue weighted by atomic mass is 10.4. The molecule has 2 N–H and O–H groups in total. The van der Waals surface area contributed by atoms with E-state index in [9.17, 15) is 0 Å². The largest absolute Gasteiger partial charge is 0.382 e. The van der Waals surface area contributed by atoms with Gasteiger partial charge in [-0.15, -0.1) is 15.3 Å². The van der Waals surface area contributed by atoms with Crippen LogP contribution in [0.15, 0.2) is 59.2 Å². The van der Waals surface area contributed by atoms with Gasteiger partial charge in [0.2, 0.25) is 0 Å². The van der Waals surface area contributed by atoms with Crippen LogP contribution in [0.5, 0.6) is 0 Å². The molecule has 0 amide bonds. The molecule has 11 nitrogen and oxygen atoms in total. The summed E-state index contributed by atoms with van der Waals surface area (Å²) in [5.74, 6) is 1.49. The van der Waals surface area contributed by atoms with Gasteiger partial charge in [0.1, 0.15) is 0 Å². The lowest BCUT2D eigenvalue weighted by molar-refractivity contribution is 0.809. The molecule has 0 aliphatic rings. The van der Waals surface area contributed by atoms with E-state index in [0.29, 0.717) is 23.0 Å². The predicted molar refractivity (Wildman–Crippen MR) is 100 cm³/mol. The molecule has 0 radical (unpaired) electrons. The van der Waals surface area contributed by atoms with Crippen molar-refractivity contribution in [2.24, 2.45) is 10.2 Å². The number of hydrogen-bond donors (Lipinski definition) is 1. The molecule has 4 aromatic rings. The van der Waals surface area contributed by atoms with Crippen LogP contribution in [0.25, 0.3) is 16.5 Å². The summed E-state index contributed by atoms with van der Waals surface area (Å²) in [7, 11) is 0. The van der Waals surface area contributed by atoms with Crippen LogP contribution in [0.3, 0.4) is 0 Å². The summed E-state index contributed by atoms with van der Waals surface area (Å²) in [5.41, 5.74) is 7.38. The molecule has 4 heterocycles. The average Bonchev–Trinajstić information content (AvgIpc) is 3.28. The first-order chi connectivity index (χ1) is 13.7. The molecule has 136 valence electrons. The Morgan fingerprint density at radius 3 is 2.64 bits per heavy atom. The lowest BCUT2D eigenvalue weighted by Gasteiger charge is -2.02. The van der Waals surface area contributed by atoms with Crippen LogP contribution in [0.4, 0.5) is 23.0 Å². The number of pyridine rings is 1. The van der Waals surface area contributed by atoms with Crippen LogP contribution >= 0.6 is 0 Å². The van der Waals surface area contributed by atoms with Crippen LogP contribution in [-0.2, 0) is 0 Å². The molecule has 0 aliphatic heterocycles. The van der Waals surface area contributed by atoms with Gasteiger partial charge in [-0.2, -0.15) is 20.0 Å². The Labute approximate surface area is 159 Å². The van der Waals surface area contributed by atoms with E-state index in [4.69, 9.17) is 12.3 Å². The molecule has 0 saturated heterocycles. The number of aromatic nitrogens is 7. The second kappa shape index (κ2) is 7.04. The Morgan fingerprint density at radius 2 is 1.93 bits per heavy atom. The molecule has 4 aromatic heterocycles. The molecule has 0 saturated carbocycles. The minimum atomic E-state index is 0.222. The summed E-state index contributed by atoms with van der Waals surface area (Å²) < 4.78 is 2.87. The first-order valence-electron chi connectivity index (χ1n) is 8.11. The minimum Gasteiger partial charge on any atom is -0.382 e. The molecular weight excluding hydrogens is 358 g/mol. The molecule has 4 rings (SSSR count). The molecule has 11 heteroatoms. The number of nitrogen functional groups attached to an aromatic ring is 1. The highest BCUT2D eigenvalue weighted by atomic mass is 15.4. The number of nitrogens with two attached hydrogens (primary N) is 1. The number of aryl methyl sites for hydroxylation is 1. The van der Waals surface area contributed by atoms with Gasteiger partial charge < -0.3 is 5.73 Å². The van der Waals surface area contributed by atoms with Crippen molar-refractivity contribution in [2.45, 2.75) is 6.92 Å². The Hall–Kier alpha value is -4.46. The van der Waals surface area contributed by atoms with E-state index in [2.05, 4.69) is 40.5 Å². The second-order valence-corrected chi connectivity index (χ2v) is 5.58. The molecule has 28 heavy (non-hydrogen) atoms. The summed E-state index contributed by atoms with van der Waals surface area (Å²) in [4.78, 5) is 7.66. The average molecular weight is 371 g/mol. The Kier molecular flexibility index (Phi) is 4.27. The van der Waals surface area contributed by atoms with Crippen molar-refractivity contribution in [3.05, 3.63) is 66.0 Å². The number of anilines is 1. The molecule has 0 spiro atoms. The van der Waals surface area contributed by atoms with Crippen LogP contribution in [0.2, 0.25) is 0 Å². The highest BCUT2D eigenvalue weighted by Crippen LogP contribution is 2.34. The maximum atomic E-state index is 7.33. The second-order valence-electron chi connectivity index (χ2n) is 5.58. The van der Waals surface area contributed by atoms with E-state index in [-0.39, 0.29) is 17.3 Å². The summed E-state index contributed by atoms with van der Waals surface area (Å²) in [5, 5.41) is 24.8.